The Labute approximate surface area is 232 Å². The van der Waals surface area contributed by atoms with Gasteiger partial charge in [-0.25, -0.2) is 4.98 Å². The SMILES string of the molecule is Cc1nc2ccccc2n1-c1ccc(-c2c3ccccc3c(-c3ccc4ccccc4c3)c3ccccc23)cc1. The second-order valence-corrected chi connectivity index (χ2v) is 10.4. The van der Waals surface area contributed by atoms with E-state index < -0.39 is 0 Å². The van der Waals surface area contributed by atoms with E-state index in [2.05, 4.69) is 145 Å². The van der Waals surface area contributed by atoms with Gasteiger partial charge in [0.15, 0.2) is 0 Å². The number of imidazole rings is 1. The van der Waals surface area contributed by atoms with Gasteiger partial charge in [-0.1, -0.05) is 109 Å². The first-order valence-corrected chi connectivity index (χ1v) is 13.7. The van der Waals surface area contributed by atoms with Crippen LogP contribution in [0.4, 0.5) is 0 Å². The van der Waals surface area contributed by atoms with Gasteiger partial charge in [-0.2, -0.15) is 0 Å². The Balaban J connectivity index is 1.36. The Morgan fingerprint density at radius 1 is 0.475 bits per heavy atom. The van der Waals surface area contributed by atoms with Crippen molar-refractivity contribution in [1.82, 2.24) is 9.55 Å². The largest absolute Gasteiger partial charge is 0.297 e. The molecule has 0 saturated carbocycles. The highest BCUT2D eigenvalue weighted by Gasteiger charge is 2.17. The highest BCUT2D eigenvalue weighted by Crippen LogP contribution is 2.44. The van der Waals surface area contributed by atoms with Gasteiger partial charge in [-0.15, -0.1) is 0 Å². The molecule has 0 fully saturated rings. The topological polar surface area (TPSA) is 17.8 Å². The van der Waals surface area contributed by atoms with E-state index in [-0.39, 0.29) is 0 Å². The number of aryl methyl sites for hydroxylation is 1. The highest BCUT2D eigenvalue weighted by molar-refractivity contribution is 6.21. The molecule has 0 N–H and O–H groups in total. The second-order valence-electron chi connectivity index (χ2n) is 10.4. The zero-order valence-corrected chi connectivity index (χ0v) is 22.2. The number of hydrogen-bond donors (Lipinski definition) is 0. The van der Waals surface area contributed by atoms with Gasteiger partial charge in [-0.3, -0.25) is 4.57 Å². The molecular weight excluding hydrogens is 484 g/mol. The van der Waals surface area contributed by atoms with Crippen molar-refractivity contribution in [3.05, 3.63) is 145 Å². The van der Waals surface area contributed by atoms with E-state index in [0.29, 0.717) is 0 Å². The van der Waals surface area contributed by atoms with Crippen LogP contribution in [0.2, 0.25) is 0 Å². The summed E-state index contributed by atoms with van der Waals surface area (Å²) in [6, 6.07) is 50.4. The summed E-state index contributed by atoms with van der Waals surface area (Å²) in [6.07, 6.45) is 0. The maximum absolute atomic E-state index is 4.77. The summed E-state index contributed by atoms with van der Waals surface area (Å²) in [4.78, 5) is 4.77. The van der Waals surface area contributed by atoms with E-state index >= 15 is 0 Å². The average Bonchev–Trinajstić information content (AvgIpc) is 3.35. The predicted molar refractivity (Wildman–Crippen MR) is 169 cm³/mol. The van der Waals surface area contributed by atoms with Crippen molar-refractivity contribution in [3.63, 3.8) is 0 Å². The fourth-order valence-electron chi connectivity index (χ4n) is 6.34. The molecule has 7 aromatic carbocycles. The van der Waals surface area contributed by atoms with Crippen LogP contribution in [0.25, 0.3) is 71.3 Å². The minimum absolute atomic E-state index is 0.990. The van der Waals surface area contributed by atoms with Gasteiger partial charge in [0.2, 0.25) is 0 Å². The molecule has 2 heteroatoms. The fraction of sp³-hybridized carbons (Fsp3) is 0.0263. The van der Waals surface area contributed by atoms with Crippen molar-refractivity contribution < 1.29 is 0 Å². The van der Waals surface area contributed by atoms with Crippen LogP contribution in [0.15, 0.2) is 140 Å². The molecule has 1 heterocycles. The summed E-state index contributed by atoms with van der Waals surface area (Å²) in [6.45, 7) is 2.07. The molecule has 0 radical (unpaired) electrons. The van der Waals surface area contributed by atoms with Crippen molar-refractivity contribution in [2.24, 2.45) is 0 Å². The Hall–Kier alpha value is -5.21. The third-order valence-electron chi connectivity index (χ3n) is 8.11. The molecule has 0 aliphatic carbocycles. The van der Waals surface area contributed by atoms with E-state index in [0.717, 1.165) is 22.5 Å². The first-order chi connectivity index (χ1) is 19.8. The minimum Gasteiger partial charge on any atom is -0.297 e. The Kier molecular flexibility index (Phi) is 5.08. The molecule has 40 heavy (non-hydrogen) atoms. The maximum atomic E-state index is 4.77. The number of fused-ring (bicyclic) bond motifs is 4. The van der Waals surface area contributed by atoms with E-state index in [9.17, 15) is 0 Å². The normalized spacial score (nSPS) is 11.6. The molecule has 0 aliphatic heterocycles. The van der Waals surface area contributed by atoms with Gasteiger partial charge in [0.1, 0.15) is 5.82 Å². The minimum atomic E-state index is 0.990. The Morgan fingerprint density at radius 3 is 1.68 bits per heavy atom. The van der Waals surface area contributed by atoms with Crippen LogP contribution in [-0.4, -0.2) is 9.55 Å². The van der Waals surface area contributed by atoms with Crippen molar-refractivity contribution in [2.75, 3.05) is 0 Å². The molecule has 0 unspecified atom stereocenters. The number of para-hydroxylation sites is 2. The Morgan fingerprint density at radius 2 is 1.00 bits per heavy atom. The molecule has 0 bridgehead atoms. The van der Waals surface area contributed by atoms with Crippen LogP contribution < -0.4 is 0 Å². The molecule has 2 nitrogen and oxygen atoms in total. The van der Waals surface area contributed by atoms with Gasteiger partial charge in [0.25, 0.3) is 0 Å². The van der Waals surface area contributed by atoms with Crippen LogP contribution in [-0.2, 0) is 0 Å². The molecule has 0 saturated heterocycles. The molecule has 0 spiro atoms. The number of hydrogen-bond acceptors (Lipinski definition) is 1. The number of rotatable bonds is 3. The standard InChI is InChI=1S/C38H26N2/c1-25-39-35-16-8-9-17-36(35)40(25)30-22-20-27(21-23-30)37-31-12-4-6-14-33(31)38(34-15-7-5-13-32(34)37)29-19-18-26-10-2-3-11-28(26)24-29/h2-24H,1H3. The summed E-state index contributed by atoms with van der Waals surface area (Å²) in [5.41, 5.74) is 8.29. The van der Waals surface area contributed by atoms with Crippen molar-refractivity contribution >= 4 is 43.4 Å². The summed E-state index contributed by atoms with van der Waals surface area (Å²) < 4.78 is 2.23. The van der Waals surface area contributed by atoms with Crippen LogP contribution in [0.3, 0.4) is 0 Å². The van der Waals surface area contributed by atoms with E-state index in [1.807, 2.05) is 6.07 Å². The molecule has 0 aliphatic rings. The lowest BCUT2D eigenvalue weighted by atomic mass is 9.85. The van der Waals surface area contributed by atoms with Gasteiger partial charge >= 0.3 is 0 Å². The first kappa shape index (κ1) is 22.7. The third-order valence-corrected chi connectivity index (χ3v) is 8.11. The second kappa shape index (κ2) is 8.93. The van der Waals surface area contributed by atoms with E-state index in [1.54, 1.807) is 0 Å². The number of nitrogens with zero attached hydrogens (tertiary/aromatic N) is 2. The smallest absolute Gasteiger partial charge is 0.111 e. The molecule has 1 aromatic heterocycles. The first-order valence-electron chi connectivity index (χ1n) is 13.7. The van der Waals surface area contributed by atoms with Crippen molar-refractivity contribution in [3.8, 4) is 27.9 Å². The molecule has 8 aromatic rings. The predicted octanol–water partition coefficient (Wildman–Crippen LogP) is 10.1. The zero-order chi connectivity index (χ0) is 26.6. The Bertz CT molecular complexity index is 2160. The van der Waals surface area contributed by atoms with Crippen LogP contribution in [0.1, 0.15) is 5.82 Å². The zero-order valence-electron chi connectivity index (χ0n) is 22.2. The molecule has 8 rings (SSSR count). The highest BCUT2D eigenvalue weighted by atomic mass is 15.1. The average molecular weight is 511 g/mol. The van der Waals surface area contributed by atoms with Gasteiger partial charge < -0.3 is 0 Å². The molecular formula is C38H26N2. The number of benzene rings is 7. The molecule has 0 amide bonds. The van der Waals surface area contributed by atoms with Crippen LogP contribution in [0.5, 0.6) is 0 Å². The molecule has 188 valence electrons. The van der Waals surface area contributed by atoms with Crippen molar-refractivity contribution in [2.45, 2.75) is 6.92 Å². The maximum Gasteiger partial charge on any atom is 0.111 e. The van der Waals surface area contributed by atoms with E-state index in [4.69, 9.17) is 4.98 Å². The van der Waals surface area contributed by atoms with Crippen LogP contribution >= 0.6 is 0 Å². The lowest BCUT2D eigenvalue weighted by molar-refractivity contribution is 1.00. The summed E-state index contributed by atoms with van der Waals surface area (Å²) in [7, 11) is 0. The van der Waals surface area contributed by atoms with Gasteiger partial charge in [-0.05, 0) is 91.8 Å². The lowest BCUT2D eigenvalue weighted by Crippen LogP contribution is -1.97. The number of aromatic nitrogens is 2. The summed E-state index contributed by atoms with van der Waals surface area (Å²) >= 11 is 0. The third kappa shape index (κ3) is 3.47. The summed E-state index contributed by atoms with van der Waals surface area (Å²) in [5, 5.41) is 7.59. The quantitative estimate of drug-likeness (QED) is 0.216. The van der Waals surface area contributed by atoms with Gasteiger partial charge in [0.05, 0.1) is 11.0 Å². The fourth-order valence-corrected chi connectivity index (χ4v) is 6.34. The lowest BCUT2D eigenvalue weighted by Gasteiger charge is -2.18. The monoisotopic (exact) mass is 510 g/mol. The summed E-state index contributed by atoms with van der Waals surface area (Å²) in [5.74, 6) is 0.990. The van der Waals surface area contributed by atoms with Crippen LogP contribution in [0, 0.1) is 6.92 Å². The van der Waals surface area contributed by atoms with Crippen molar-refractivity contribution in [1.29, 1.82) is 0 Å². The molecule has 0 atom stereocenters. The van der Waals surface area contributed by atoms with E-state index in [1.165, 1.54) is 54.6 Å². The van der Waals surface area contributed by atoms with Gasteiger partial charge in [0, 0.05) is 5.69 Å².